The van der Waals surface area contributed by atoms with Gasteiger partial charge < -0.3 is 15.3 Å². The Morgan fingerprint density at radius 1 is 1.47 bits per heavy atom. The fourth-order valence-electron chi connectivity index (χ4n) is 1.54. The van der Waals surface area contributed by atoms with Gasteiger partial charge in [-0.1, -0.05) is 0 Å². The SMILES string of the molecule is Cc1ccc(NC(=O)N2CC(C(=O)O)C2)cn1. The van der Waals surface area contributed by atoms with Gasteiger partial charge in [0.15, 0.2) is 0 Å². The highest BCUT2D eigenvalue weighted by Crippen LogP contribution is 2.17. The van der Waals surface area contributed by atoms with Gasteiger partial charge in [0.1, 0.15) is 0 Å². The first-order chi connectivity index (χ1) is 8.06. The van der Waals surface area contributed by atoms with E-state index in [9.17, 15) is 9.59 Å². The molecule has 2 rings (SSSR count). The van der Waals surface area contributed by atoms with E-state index >= 15 is 0 Å². The number of amides is 2. The first-order valence-electron chi connectivity index (χ1n) is 5.27. The van der Waals surface area contributed by atoms with Crippen LogP contribution in [0.4, 0.5) is 10.5 Å². The van der Waals surface area contributed by atoms with Crippen LogP contribution >= 0.6 is 0 Å². The Hall–Kier alpha value is -2.11. The maximum absolute atomic E-state index is 11.6. The van der Waals surface area contributed by atoms with Crippen molar-refractivity contribution < 1.29 is 14.7 Å². The highest BCUT2D eigenvalue weighted by atomic mass is 16.4. The van der Waals surface area contributed by atoms with Gasteiger partial charge >= 0.3 is 12.0 Å². The van der Waals surface area contributed by atoms with Crippen LogP contribution in [-0.2, 0) is 4.79 Å². The zero-order chi connectivity index (χ0) is 12.4. The van der Waals surface area contributed by atoms with E-state index in [1.165, 1.54) is 4.90 Å². The molecule has 0 bridgehead atoms. The number of likely N-dealkylation sites (tertiary alicyclic amines) is 1. The average Bonchev–Trinajstić information content (AvgIpc) is 2.18. The summed E-state index contributed by atoms with van der Waals surface area (Å²) in [5, 5.41) is 11.3. The number of aromatic nitrogens is 1. The molecule has 2 amide bonds. The number of aryl methyl sites for hydroxylation is 1. The predicted octanol–water partition coefficient (Wildman–Crippen LogP) is 0.938. The third-order valence-electron chi connectivity index (χ3n) is 2.68. The Morgan fingerprint density at radius 2 is 2.18 bits per heavy atom. The summed E-state index contributed by atoms with van der Waals surface area (Å²) in [6.45, 7) is 2.39. The largest absolute Gasteiger partial charge is 0.481 e. The molecule has 0 radical (unpaired) electrons. The van der Waals surface area contributed by atoms with Gasteiger partial charge in [-0.15, -0.1) is 0 Å². The first kappa shape index (κ1) is 11.4. The van der Waals surface area contributed by atoms with Crippen molar-refractivity contribution in [1.29, 1.82) is 0 Å². The van der Waals surface area contributed by atoms with Crippen molar-refractivity contribution in [1.82, 2.24) is 9.88 Å². The molecule has 90 valence electrons. The molecule has 0 saturated carbocycles. The lowest BCUT2D eigenvalue weighted by molar-refractivity contribution is -0.145. The number of anilines is 1. The Balaban J connectivity index is 1.87. The second kappa shape index (κ2) is 4.40. The monoisotopic (exact) mass is 235 g/mol. The van der Waals surface area contributed by atoms with Crippen LogP contribution in [0.1, 0.15) is 5.69 Å². The highest BCUT2D eigenvalue weighted by Gasteiger charge is 2.35. The number of carbonyl (C=O) groups is 2. The molecule has 1 aromatic heterocycles. The molecular formula is C11H13N3O3. The first-order valence-corrected chi connectivity index (χ1v) is 5.27. The van der Waals surface area contributed by atoms with Crippen molar-refractivity contribution in [2.45, 2.75) is 6.92 Å². The lowest BCUT2D eigenvalue weighted by atomic mass is 10.0. The Morgan fingerprint density at radius 3 is 2.71 bits per heavy atom. The second-order valence-corrected chi connectivity index (χ2v) is 4.06. The molecule has 1 saturated heterocycles. The van der Waals surface area contributed by atoms with Gasteiger partial charge in [-0.3, -0.25) is 9.78 Å². The molecule has 1 fully saturated rings. The van der Waals surface area contributed by atoms with Crippen LogP contribution in [0.5, 0.6) is 0 Å². The molecule has 1 aromatic rings. The summed E-state index contributed by atoms with van der Waals surface area (Å²) in [6, 6.07) is 3.27. The quantitative estimate of drug-likeness (QED) is 0.799. The minimum absolute atomic E-state index is 0.264. The summed E-state index contributed by atoms with van der Waals surface area (Å²) in [5.74, 6) is -1.29. The van der Waals surface area contributed by atoms with Crippen molar-refractivity contribution in [3.63, 3.8) is 0 Å². The molecule has 0 aromatic carbocycles. The van der Waals surface area contributed by atoms with Crippen molar-refractivity contribution in [2.75, 3.05) is 18.4 Å². The molecule has 2 heterocycles. The van der Waals surface area contributed by atoms with Crippen LogP contribution in [0.25, 0.3) is 0 Å². The number of nitrogens with zero attached hydrogens (tertiary/aromatic N) is 2. The van der Waals surface area contributed by atoms with Gasteiger partial charge in [0.25, 0.3) is 0 Å². The van der Waals surface area contributed by atoms with E-state index in [2.05, 4.69) is 10.3 Å². The topological polar surface area (TPSA) is 82.5 Å². The second-order valence-electron chi connectivity index (χ2n) is 4.06. The van der Waals surface area contributed by atoms with E-state index in [1.54, 1.807) is 18.3 Å². The normalized spacial score (nSPS) is 15.2. The van der Waals surface area contributed by atoms with Crippen molar-refractivity contribution in [3.8, 4) is 0 Å². The van der Waals surface area contributed by atoms with Crippen LogP contribution < -0.4 is 5.32 Å². The van der Waals surface area contributed by atoms with Crippen LogP contribution in [0.2, 0.25) is 0 Å². The average molecular weight is 235 g/mol. The van der Waals surface area contributed by atoms with Crippen molar-refractivity contribution in [3.05, 3.63) is 24.0 Å². The Bertz CT molecular complexity index is 438. The predicted molar refractivity (Wildman–Crippen MR) is 60.7 cm³/mol. The number of hydrogen-bond acceptors (Lipinski definition) is 3. The number of pyridine rings is 1. The summed E-state index contributed by atoms with van der Waals surface area (Å²) in [4.78, 5) is 27.7. The van der Waals surface area contributed by atoms with E-state index in [-0.39, 0.29) is 19.1 Å². The molecule has 6 nitrogen and oxygen atoms in total. The zero-order valence-corrected chi connectivity index (χ0v) is 9.38. The summed E-state index contributed by atoms with van der Waals surface area (Å²) in [5.41, 5.74) is 1.48. The van der Waals surface area contributed by atoms with Crippen molar-refractivity contribution in [2.24, 2.45) is 5.92 Å². The van der Waals surface area contributed by atoms with Crippen LogP contribution in [0.3, 0.4) is 0 Å². The number of nitrogens with one attached hydrogen (secondary N) is 1. The standard InChI is InChI=1S/C11H13N3O3/c1-7-2-3-9(4-12-7)13-11(17)14-5-8(6-14)10(15)16/h2-4,8H,5-6H2,1H3,(H,13,17)(H,15,16). The van der Waals surface area contributed by atoms with Crippen LogP contribution in [0, 0.1) is 12.8 Å². The van der Waals surface area contributed by atoms with Gasteiger partial charge in [-0.05, 0) is 19.1 Å². The van der Waals surface area contributed by atoms with E-state index in [0.717, 1.165) is 5.69 Å². The Kier molecular flexibility index (Phi) is 2.95. The fraction of sp³-hybridized carbons (Fsp3) is 0.364. The number of hydrogen-bond donors (Lipinski definition) is 2. The van der Waals surface area contributed by atoms with E-state index in [4.69, 9.17) is 5.11 Å². The van der Waals surface area contributed by atoms with Gasteiger partial charge in [0.05, 0.1) is 17.8 Å². The summed E-state index contributed by atoms with van der Waals surface area (Å²) in [7, 11) is 0. The van der Waals surface area contributed by atoms with E-state index in [0.29, 0.717) is 5.69 Å². The number of rotatable bonds is 2. The maximum Gasteiger partial charge on any atom is 0.321 e. The van der Waals surface area contributed by atoms with Crippen LogP contribution in [-0.4, -0.2) is 40.1 Å². The minimum Gasteiger partial charge on any atom is -0.481 e. The third-order valence-corrected chi connectivity index (χ3v) is 2.68. The third kappa shape index (κ3) is 2.52. The van der Waals surface area contributed by atoms with Crippen molar-refractivity contribution >= 4 is 17.7 Å². The maximum atomic E-state index is 11.6. The number of carboxylic acids is 1. The smallest absolute Gasteiger partial charge is 0.321 e. The lowest BCUT2D eigenvalue weighted by Gasteiger charge is -2.36. The number of carboxylic acid groups (broad SMARTS) is 1. The number of urea groups is 1. The highest BCUT2D eigenvalue weighted by molar-refractivity contribution is 5.90. The molecule has 1 aliphatic rings. The lowest BCUT2D eigenvalue weighted by Crippen LogP contribution is -2.54. The molecule has 2 N–H and O–H groups in total. The molecular weight excluding hydrogens is 222 g/mol. The van der Waals surface area contributed by atoms with Gasteiger partial charge in [-0.2, -0.15) is 0 Å². The zero-order valence-electron chi connectivity index (χ0n) is 9.38. The number of aliphatic carboxylic acids is 1. The molecule has 0 atom stereocenters. The van der Waals surface area contributed by atoms with Crippen LogP contribution in [0.15, 0.2) is 18.3 Å². The molecule has 1 aliphatic heterocycles. The summed E-state index contributed by atoms with van der Waals surface area (Å²) < 4.78 is 0. The minimum atomic E-state index is -0.856. The van der Waals surface area contributed by atoms with Gasteiger partial charge in [0, 0.05) is 18.8 Å². The molecule has 0 unspecified atom stereocenters. The molecule has 0 aliphatic carbocycles. The van der Waals surface area contributed by atoms with E-state index in [1.807, 2.05) is 6.92 Å². The van der Waals surface area contributed by atoms with E-state index < -0.39 is 11.9 Å². The Labute approximate surface area is 98.3 Å². The molecule has 17 heavy (non-hydrogen) atoms. The molecule has 6 heteroatoms. The summed E-state index contributed by atoms with van der Waals surface area (Å²) in [6.07, 6.45) is 1.57. The number of carbonyl (C=O) groups excluding carboxylic acids is 1. The fourth-order valence-corrected chi connectivity index (χ4v) is 1.54. The van der Waals surface area contributed by atoms with Gasteiger partial charge in [0.2, 0.25) is 0 Å². The molecule has 0 spiro atoms. The summed E-state index contributed by atoms with van der Waals surface area (Å²) >= 11 is 0. The van der Waals surface area contributed by atoms with Gasteiger partial charge in [-0.25, -0.2) is 4.79 Å².